The van der Waals surface area contributed by atoms with Gasteiger partial charge in [0.1, 0.15) is 10.6 Å². The molecule has 1 N–H and O–H groups in total. The first-order valence-corrected chi connectivity index (χ1v) is 10.7. The van der Waals surface area contributed by atoms with Crippen LogP contribution in [0, 0.1) is 6.92 Å². The number of aromatic nitrogens is 4. The number of aryl methyl sites for hydroxylation is 1. The summed E-state index contributed by atoms with van der Waals surface area (Å²) in [5, 5.41) is 12.5. The summed E-state index contributed by atoms with van der Waals surface area (Å²) in [4.78, 5) is 0.00901. The Morgan fingerprint density at radius 1 is 0.967 bits per heavy atom. The van der Waals surface area contributed by atoms with Crippen LogP contribution in [-0.2, 0) is 10.0 Å². The van der Waals surface area contributed by atoms with E-state index in [0.717, 1.165) is 5.69 Å². The third-order valence-corrected chi connectivity index (χ3v) is 5.92. The van der Waals surface area contributed by atoms with Crippen molar-refractivity contribution < 1.29 is 13.2 Å². The molecule has 0 fully saturated rings. The van der Waals surface area contributed by atoms with Gasteiger partial charge in [-0.15, -0.1) is 10.2 Å². The van der Waals surface area contributed by atoms with Crippen molar-refractivity contribution in [1.29, 1.82) is 0 Å². The maximum absolute atomic E-state index is 12.5. The molecule has 8 nitrogen and oxygen atoms in total. The molecule has 152 valence electrons. The number of sulfonamides is 1. The molecule has 0 saturated carbocycles. The van der Waals surface area contributed by atoms with Gasteiger partial charge in [0.05, 0.1) is 10.7 Å². The molecule has 0 radical (unpaired) electrons. The molecule has 0 unspecified atom stereocenters. The Balaban J connectivity index is 1.44. The number of ether oxygens (including phenoxy) is 1. The zero-order chi connectivity index (χ0) is 21.1. The highest BCUT2D eigenvalue weighted by Gasteiger charge is 2.17. The van der Waals surface area contributed by atoms with Gasteiger partial charge in [-0.05, 0) is 55.5 Å². The Labute approximate surface area is 178 Å². The van der Waals surface area contributed by atoms with Crippen molar-refractivity contribution in [3.63, 3.8) is 0 Å². The lowest BCUT2D eigenvalue weighted by molar-refractivity contribution is 0.454. The van der Waals surface area contributed by atoms with Crippen molar-refractivity contribution in [3.05, 3.63) is 83.6 Å². The lowest BCUT2D eigenvalue weighted by Gasteiger charge is -2.10. The van der Waals surface area contributed by atoms with E-state index >= 15 is 0 Å². The summed E-state index contributed by atoms with van der Waals surface area (Å²) in [7, 11) is -3.80. The van der Waals surface area contributed by atoms with Crippen LogP contribution in [0.2, 0.25) is 5.02 Å². The van der Waals surface area contributed by atoms with Crippen molar-refractivity contribution in [2.24, 2.45) is 0 Å². The molecule has 2 aromatic heterocycles. The lowest BCUT2D eigenvalue weighted by atomic mass is 10.3. The fourth-order valence-corrected chi connectivity index (χ4v) is 4.20. The van der Waals surface area contributed by atoms with Crippen LogP contribution >= 0.6 is 11.6 Å². The van der Waals surface area contributed by atoms with Crippen LogP contribution in [0.1, 0.15) is 5.69 Å². The lowest BCUT2D eigenvalue weighted by Crippen LogP contribution is -2.13. The topological polar surface area (TPSA) is 99.0 Å². The Bertz CT molecular complexity index is 1270. The molecular weight excluding hydrogens is 426 g/mol. The number of benzene rings is 2. The minimum absolute atomic E-state index is 0.00901. The zero-order valence-corrected chi connectivity index (χ0v) is 17.3. The smallest absolute Gasteiger partial charge is 0.263 e. The fraction of sp³-hybridized carbons (Fsp3) is 0.0500. The van der Waals surface area contributed by atoms with E-state index in [1.165, 1.54) is 12.1 Å². The van der Waals surface area contributed by atoms with Gasteiger partial charge in [0.2, 0.25) is 5.88 Å². The minimum atomic E-state index is -3.80. The van der Waals surface area contributed by atoms with Gasteiger partial charge in [-0.2, -0.15) is 5.10 Å². The van der Waals surface area contributed by atoms with Crippen molar-refractivity contribution in [3.8, 4) is 17.4 Å². The second kappa shape index (κ2) is 8.13. The average Bonchev–Trinajstić information content (AvgIpc) is 3.16. The van der Waals surface area contributed by atoms with Gasteiger partial charge in [0, 0.05) is 18.0 Å². The van der Waals surface area contributed by atoms with Gasteiger partial charge in [0.25, 0.3) is 10.0 Å². The van der Waals surface area contributed by atoms with Gasteiger partial charge >= 0.3 is 0 Å². The summed E-state index contributed by atoms with van der Waals surface area (Å²) in [6.07, 6.45) is 1.79. The van der Waals surface area contributed by atoms with Crippen molar-refractivity contribution in [2.75, 3.05) is 4.72 Å². The summed E-state index contributed by atoms with van der Waals surface area (Å²) in [5.41, 5.74) is 1.25. The van der Waals surface area contributed by atoms with Gasteiger partial charge in [-0.25, -0.2) is 13.1 Å². The third-order valence-electron chi connectivity index (χ3n) is 4.04. The highest BCUT2D eigenvalue weighted by molar-refractivity contribution is 7.92. The number of nitrogens with one attached hydrogen (secondary N) is 1. The molecule has 10 heteroatoms. The molecule has 2 heterocycles. The first-order valence-electron chi connectivity index (χ1n) is 8.82. The first-order chi connectivity index (χ1) is 14.4. The minimum Gasteiger partial charge on any atom is -0.438 e. The molecule has 4 aromatic rings. The Morgan fingerprint density at radius 2 is 1.73 bits per heavy atom. The van der Waals surface area contributed by atoms with Gasteiger partial charge < -0.3 is 4.74 Å². The molecule has 0 spiro atoms. The number of hydrogen-bond acceptors (Lipinski definition) is 6. The number of halogens is 1. The van der Waals surface area contributed by atoms with Crippen LogP contribution in [0.25, 0.3) is 5.82 Å². The summed E-state index contributed by atoms with van der Waals surface area (Å²) < 4.78 is 34.8. The number of nitrogens with zero attached hydrogens (tertiary/aromatic N) is 4. The number of anilines is 1. The molecule has 2 aromatic carbocycles. The second-order valence-electron chi connectivity index (χ2n) is 6.29. The van der Waals surface area contributed by atoms with E-state index in [9.17, 15) is 8.42 Å². The molecule has 0 amide bonds. The monoisotopic (exact) mass is 441 g/mol. The molecule has 0 aliphatic carbocycles. The average molecular weight is 442 g/mol. The molecule has 4 rings (SSSR count). The standard InChI is InChI=1S/C20H16ClN5O3S/c1-14-12-13-26(24-14)19-10-11-20(23-22-19)29-16-8-6-15(7-9-16)25-30(27,28)18-5-3-2-4-17(18)21/h2-13,25H,1H3. The predicted octanol–water partition coefficient (Wildman–Crippen LogP) is 4.22. The van der Waals surface area contributed by atoms with E-state index in [-0.39, 0.29) is 9.92 Å². The van der Waals surface area contributed by atoms with Crippen LogP contribution in [0.3, 0.4) is 0 Å². The summed E-state index contributed by atoms with van der Waals surface area (Å²) in [5.74, 6) is 1.35. The fourth-order valence-electron chi connectivity index (χ4n) is 2.62. The quantitative estimate of drug-likeness (QED) is 0.481. The highest BCUT2D eigenvalue weighted by Crippen LogP contribution is 2.25. The second-order valence-corrected chi connectivity index (χ2v) is 8.35. The van der Waals surface area contributed by atoms with E-state index < -0.39 is 10.0 Å². The molecule has 30 heavy (non-hydrogen) atoms. The molecular formula is C20H16ClN5O3S. The number of hydrogen-bond donors (Lipinski definition) is 1. The van der Waals surface area contributed by atoms with E-state index in [0.29, 0.717) is 23.1 Å². The normalized spacial score (nSPS) is 11.3. The van der Waals surface area contributed by atoms with Crippen molar-refractivity contribution in [2.45, 2.75) is 11.8 Å². The summed E-state index contributed by atoms with van der Waals surface area (Å²) in [6, 6.07) is 17.9. The van der Waals surface area contributed by atoms with E-state index in [2.05, 4.69) is 20.0 Å². The van der Waals surface area contributed by atoms with Crippen LogP contribution in [-0.4, -0.2) is 28.4 Å². The van der Waals surface area contributed by atoms with Gasteiger partial charge in [-0.3, -0.25) is 4.72 Å². The molecule has 0 aliphatic rings. The van der Waals surface area contributed by atoms with Gasteiger partial charge in [-0.1, -0.05) is 23.7 Å². The van der Waals surface area contributed by atoms with Crippen molar-refractivity contribution >= 4 is 27.3 Å². The first kappa shape index (κ1) is 19.9. The Morgan fingerprint density at radius 3 is 2.37 bits per heavy atom. The molecule has 0 atom stereocenters. The van der Waals surface area contributed by atoms with E-state index in [4.69, 9.17) is 16.3 Å². The van der Waals surface area contributed by atoms with Crippen molar-refractivity contribution in [1.82, 2.24) is 20.0 Å². The number of rotatable bonds is 6. The highest BCUT2D eigenvalue weighted by atomic mass is 35.5. The molecule has 0 aliphatic heterocycles. The van der Waals surface area contributed by atoms with E-state index in [1.54, 1.807) is 59.4 Å². The maximum Gasteiger partial charge on any atom is 0.263 e. The van der Waals surface area contributed by atoms with Crippen LogP contribution < -0.4 is 9.46 Å². The maximum atomic E-state index is 12.5. The van der Waals surface area contributed by atoms with Crippen LogP contribution in [0.5, 0.6) is 11.6 Å². The largest absolute Gasteiger partial charge is 0.438 e. The SMILES string of the molecule is Cc1ccn(-c2ccc(Oc3ccc(NS(=O)(=O)c4ccccc4Cl)cc3)nn2)n1. The third kappa shape index (κ3) is 4.42. The van der Waals surface area contributed by atoms with E-state index in [1.807, 2.05) is 13.0 Å². The summed E-state index contributed by atoms with van der Waals surface area (Å²) in [6.45, 7) is 1.89. The molecule has 0 saturated heterocycles. The van der Waals surface area contributed by atoms with Crippen LogP contribution in [0.4, 0.5) is 5.69 Å². The molecule has 0 bridgehead atoms. The Kier molecular flexibility index (Phi) is 5.39. The predicted molar refractivity (Wildman–Crippen MR) is 113 cm³/mol. The van der Waals surface area contributed by atoms with Gasteiger partial charge in [0.15, 0.2) is 5.82 Å². The van der Waals surface area contributed by atoms with Crippen LogP contribution in [0.15, 0.2) is 77.8 Å². The zero-order valence-electron chi connectivity index (χ0n) is 15.7. The summed E-state index contributed by atoms with van der Waals surface area (Å²) >= 11 is 5.98. The Hall–Kier alpha value is -3.43.